The van der Waals surface area contributed by atoms with Crippen LogP contribution in [0.15, 0.2) is 47.3 Å². The van der Waals surface area contributed by atoms with Crippen molar-refractivity contribution in [3.63, 3.8) is 0 Å². The minimum atomic E-state index is -1.09. The van der Waals surface area contributed by atoms with Crippen molar-refractivity contribution in [1.82, 2.24) is 4.98 Å². The summed E-state index contributed by atoms with van der Waals surface area (Å²) in [5, 5.41) is 14.5. The Morgan fingerprint density at radius 2 is 1.81 bits per heavy atom. The highest BCUT2D eigenvalue weighted by Gasteiger charge is 2.14. The molecular weight excluding hydrogens is 341 g/mol. The Morgan fingerprint density at radius 1 is 1.12 bits per heavy atom. The van der Waals surface area contributed by atoms with Gasteiger partial charge in [0.25, 0.3) is 11.5 Å². The quantitative estimate of drug-likeness (QED) is 0.575. The van der Waals surface area contributed by atoms with Gasteiger partial charge in [-0.2, -0.15) is 0 Å². The highest BCUT2D eigenvalue weighted by atomic mass is 19.1. The lowest BCUT2D eigenvalue weighted by molar-refractivity contribution is 0.0696. The number of aromatic amines is 1. The van der Waals surface area contributed by atoms with Gasteiger partial charge >= 0.3 is 5.97 Å². The molecule has 0 atom stereocenters. The molecule has 7 nitrogen and oxygen atoms in total. The number of pyridine rings is 1. The van der Waals surface area contributed by atoms with Crippen molar-refractivity contribution in [3.05, 3.63) is 69.8 Å². The van der Waals surface area contributed by atoms with Crippen molar-refractivity contribution in [1.29, 1.82) is 0 Å². The van der Waals surface area contributed by atoms with Gasteiger partial charge < -0.3 is 20.7 Å². The number of carboxylic acid groups (broad SMARTS) is 1. The lowest BCUT2D eigenvalue weighted by atomic mass is 10.1. The summed E-state index contributed by atoms with van der Waals surface area (Å²) in [6.45, 7) is 0. The number of anilines is 2. The molecule has 3 rings (SSSR count). The van der Waals surface area contributed by atoms with Crippen LogP contribution in [-0.4, -0.2) is 29.0 Å². The van der Waals surface area contributed by atoms with Crippen LogP contribution in [0.25, 0.3) is 10.9 Å². The molecule has 1 aromatic heterocycles. The SMILES string of the molecule is CNc1cc(F)cc2cc(C(=O)Nc3ccc(C(=O)O)cc3)c(=O)[nH]c12. The second-order valence-electron chi connectivity index (χ2n) is 5.52. The Hall–Kier alpha value is -3.68. The summed E-state index contributed by atoms with van der Waals surface area (Å²) in [6, 6.07) is 9.24. The molecule has 0 aliphatic rings. The van der Waals surface area contributed by atoms with E-state index >= 15 is 0 Å². The molecule has 132 valence electrons. The van der Waals surface area contributed by atoms with Crippen LogP contribution in [0.5, 0.6) is 0 Å². The second-order valence-corrected chi connectivity index (χ2v) is 5.52. The van der Waals surface area contributed by atoms with Gasteiger partial charge in [-0.05, 0) is 42.5 Å². The summed E-state index contributed by atoms with van der Waals surface area (Å²) >= 11 is 0. The van der Waals surface area contributed by atoms with Gasteiger partial charge in [0.05, 0.1) is 16.8 Å². The first-order chi connectivity index (χ1) is 12.4. The molecular formula is C18H14FN3O4. The number of benzene rings is 2. The Kier molecular flexibility index (Phi) is 4.40. The van der Waals surface area contributed by atoms with Crippen molar-refractivity contribution < 1.29 is 19.1 Å². The zero-order chi connectivity index (χ0) is 18.8. The van der Waals surface area contributed by atoms with E-state index in [2.05, 4.69) is 15.6 Å². The van der Waals surface area contributed by atoms with E-state index < -0.39 is 23.3 Å². The fraction of sp³-hybridized carbons (Fsp3) is 0.0556. The summed E-state index contributed by atoms with van der Waals surface area (Å²) in [4.78, 5) is 38.0. The summed E-state index contributed by atoms with van der Waals surface area (Å²) < 4.78 is 13.7. The summed E-state index contributed by atoms with van der Waals surface area (Å²) in [7, 11) is 1.59. The Balaban J connectivity index is 1.96. The standard InChI is InChI=1S/C18H14FN3O4/c1-20-14-8-11(19)6-10-7-13(17(24)22-15(10)14)16(23)21-12-4-2-9(3-5-12)18(25)26/h2-8,20H,1H3,(H,21,23)(H,22,24)(H,25,26). The maximum Gasteiger partial charge on any atom is 0.335 e. The topological polar surface area (TPSA) is 111 Å². The van der Waals surface area contributed by atoms with Crippen molar-refractivity contribution in [2.45, 2.75) is 0 Å². The Labute approximate surface area is 146 Å². The Morgan fingerprint density at radius 3 is 2.42 bits per heavy atom. The summed E-state index contributed by atoms with van der Waals surface area (Å²) in [5.74, 6) is -2.28. The smallest absolute Gasteiger partial charge is 0.335 e. The Bertz CT molecular complexity index is 1070. The first-order valence-corrected chi connectivity index (χ1v) is 7.58. The molecule has 0 aliphatic carbocycles. The maximum atomic E-state index is 13.7. The van der Waals surface area contributed by atoms with E-state index in [1.807, 2.05) is 0 Å². The van der Waals surface area contributed by atoms with E-state index in [0.29, 0.717) is 22.3 Å². The molecule has 0 unspecified atom stereocenters. The first-order valence-electron chi connectivity index (χ1n) is 7.58. The molecule has 26 heavy (non-hydrogen) atoms. The molecule has 0 saturated heterocycles. The zero-order valence-electron chi connectivity index (χ0n) is 13.6. The molecule has 2 aromatic carbocycles. The predicted octanol–water partition coefficient (Wildman–Crippen LogP) is 2.66. The van der Waals surface area contributed by atoms with E-state index in [1.165, 1.54) is 42.5 Å². The average molecular weight is 355 g/mol. The number of aromatic carboxylic acids is 1. The number of H-pyrrole nitrogens is 1. The van der Waals surface area contributed by atoms with Crippen molar-refractivity contribution in [2.24, 2.45) is 0 Å². The fourth-order valence-corrected chi connectivity index (χ4v) is 2.54. The summed E-state index contributed by atoms with van der Waals surface area (Å²) in [5.41, 5.74) is 0.374. The minimum Gasteiger partial charge on any atom is -0.478 e. The lowest BCUT2D eigenvalue weighted by Gasteiger charge is -2.09. The number of amides is 1. The monoisotopic (exact) mass is 355 g/mol. The van der Waals surface area contributed by atoms with Gasteiger partial charge in [-0.25, -0.2) is 9.18 Å². The largest absolute Gasteiger partial charge is 0.478 e. The van der Waals surface area contributed by atoms with Crippen molar-refractivity contribution >= 4 is 34.2 Å². The first kappa shape index (κ1) is 17.2. The lowest BCUT2D eigenvalue weighted by Crippen LogP contribution is -2.23. The van der Waals surface area contributed by atoms with Crippen molar-refractivity contribution in [3.8, 4) is 0 Å². The molecule has 4 N–H and O–H groups in total. The number of hydrogen-bond acceptors (Lipinski definition) is 4. The van der Waals surface area contributed by atoms with E-state index in [4.69, 9.17) is 5.11 Å². The van der Waals surface area contributed by atoms with Gasteiger partial charge in [0.15, 0.2) is 0 Å². The van der Waals surface area contributed by atoms with Gasteiger partial charge in [0, 0.05) is 18.1 Å². The van der Waals surface area contributed by atoms with Gasteiger partial charge in [0.1, 0.15) is 11.4 Å². The normalized spacial score (nSPS) is 10.5. The van der Waals surface area contributed by atoms with Gasteiger partial charge in [0.2, 0.25) is 0 Å². The van der Waals surface area contributed by atoms with Crippen LogP contribution in [0.1, 0.15) is 20.7 Å². The molecule has 1 heterocycles. The van der Waals surface area contributed by atoms with Crippen molar-refractivity contribution in [2.75, 3.05) is 17.7 Å². The van der Waals surface area contributed by atoms with Crippen LogP contribution in [0, 0.1) is 5.82 Å². The molecule has 0 saturated carbocycles. The number of hydrogen-bond donors (Lipinski definition) is 4. The van der Waals surface area contributed by atoms with Gasteiger partial charge in [-0.15, -0.1) is 0 Å². The van der Waals surface area contributed by atoms with Gasteiger partial charge in [-0.1, -0.05) is 0 Å². The number of carboxylic acids is 1. The number of fused-ring (bicyclic) bond motifs is 1. The highest BCUT2D eigenvalue weighted by molar-refractivity contribution is 6.06. The third-order valence-corrected chi connectivity index (χ3v) is 3.82. The zero-order valence-corrected chi connectivity index (χ0v) is 13.6. The predicted molar refractivity (Wildman–Crippen MR) is 95.4 cm³/mol. The number of carbonyl (C=O) groups excluding carboxylic acids is 1. The van der Waals surface area contributed by atoms with Crippen LogP contribution < -0.4 is 16.2 Å². The number of rotatable bonds is 4. The second kappa shape index (κ2) is 6.67. The minimum absolute atomic E-state index is 0.0709. The van der Waals surface area contributed by atoms with E-state index in [1.54, 1.807) is 7.05 Å². The molecule has 1 amide bonds. The molecule has 8 heteroatoms. The molecule has 0 bridgehead atoms. The molecule has 0 aliphatic heterocycles. The fourth-order valence-electron chi connectivity index (χ4n) is 2.54. The third kappa shape index (κ3) is 3.25. The van der Waals surface area contributed by atoms with Crippen LogP contribution in [0.2, 0.25) is 0 Å². The summed E-state index contributed by atoms with van der Waals surface area (Å²) in [6.07, 6.45) is 0. The van der Waals surface area contributed by atoms with Crippen LogP contribution in [0.3, 0.4) is 0 Å². The van der Waals surface area contributed by atoms with E-state index in [-0.39, 0.29) is 11.1 Å². The molecule has 0 radical (unpaired) electrons. The van der Waals surface area contributed by atoms with Gasteiger partial charge in [-0.3, -0.25) is 9.59 Å². The highest BCUT2D eigenvalue weighted by Crippen LogP contribution is 2.22. The number of nitrogens with one attached hydrogen (secondary N) is 3. The number of halogens is 1. The number of aromatic nitrogens is 1. The average Bonchev–Trinajstić information content (AvgIpc) is 2.61. The molecule has 0 fully saturated rings. The van der Waals surface area contributed by atoms with E-state index in [0.717, 1.165) is 0 Å². The third-order valence-electron chi connectivity index (χ3n) is 3.82. The van der Waals surface area contributed by atoms with Crippen LogP contribution in [-0.2, 0) is 0 Å². The molecule has 3 aromatic rings. The number of carbonyl (C=O) groups is 2. The molecule has 0 spiro atoms. The van der Waals surface area contributed by atoms with Crippen LogP contribution >= 0.6 is 0 Å². The maximum absolute atomic E-state index is 13.7. The van der Waals surface area contributed by atoms with E-state index in [9.17, 15) is 18.8 Å². The van der Waals surface area contributed by atoms with Crippen LogP contribution in [0.4, 0.5) is 15.8 Å².